The van der Waals surface area contributed by atoms with Gasteiger partial charge in [0.05, 0.1) is 24.5 Å². The maximum Gasteiger partial charge on any atom is 0.309 e. The lowest BCUT2D eigenvalue weighted by Gasteiger charge is -2.08. The average Bonchev–Trinajstić information content (AvgIpc) is 2.27. The highest BCUT2D eigenvalue weighted by Crippen LogP contribution is 2.06. The minimum Gasteiger partial charge on any atom is -0.469 e. The van der Waals surface area contributed by atoms with Crippen molar-refractivity contribution in [3.05, 3.63) is 29.6 Å². The van der Waals surface area contributed by atoms with E-state index >= 15 is 0 Å². The Balaban J connectivity index is 2.53. The molecule has 5 heteroatoms. The van der Waals surface area contributed by atoms with E-state index in [1.54, 1.807) is 6.92 Å². The first-order valence-electron chi connectivity index (χ1n) is 5.38. The van der Waals surface area contributed by atoms with Gasteiger partial charge in [0.15, 0.2) is 0 Å². The molecule has 2 unspecified atom stereocenters. The van der Waals surface area contributed by atoms with E-state index in [2.05, 4.69) is 9.72 Å². The molecular weight excluding hydrogens is 238 g/mol. The van der Waals surface area contributed by atoms with Gasteiger partial charge in [-0.25, -0.2) is 0 Å². The fraction of sp³-hybridized carbons (Fsp3) is 0.500. The predicted octanol–water partition coefficient (Wildman–Crippen LogP) is 1.45. The van der Waals surface area contributed by atoms with Crippen LogP contribution in [0.1, 0.15) is 18.3 Å². The van der Waals surface area contributed by atoms with E-state index in [1.165, 1.54) is 7.11 Å². The first-order chi connectivity index (χ1) is 8.02. The molecule has 0 saturated carbocycles. The van der Waals surface area contributed by atoms with Crippen LogP contribution in [0.3, 0.4) is 0 Å². The number of methoxy groups -OCH3 is 1. The summed E-state index contributed by atoms with van der Waals surface area (Å²) in [7, 11) is 0.242. The van der Waals surface area contributed by atoms with Gasteiger partial charge in [-0.2, -0.15) is 0 Å². The highest BCUT2D eigenvalue weighted by molar-refractivity contribution is 7.84. The largest absolute Gasteiger partial charge is 0.469 e. The second-order valence-corrected chi connectivity index (χ2v) is 5.45. The number of pyridine rings is 1. The van der Waals surface area contributed by atoms with Gasteiger partial charge in [-0.15, -0.1) is 0 Å². The van der Waals surface area contributed by atoms with Crippen LogP contribution in [-0.2, 0) is 26.1 Å². The van der Waals surface area contributed by atoms with E-state index in [4.69, 9.17) is 0 Å². The number of ether oxygens (including phenoxy) is 1. The smallest absolute Gasteiger partial charge is 0.309 e. The molecule has 0 saturated heterocycles. The predicted molar refractivity (Wildman–Crippen MR) is 66.9 cm³/mol. The van der Waals surface area contributed by atoms with Crippen molar-refractivity contribution in [2.24, 2.45) is 5.92 Å². The molecule has 1 rings (SSSR count). The molecule has 0 aromatic carbocycles. The molecule has 2 atom stereocenters. The van der Waals surface area contributed by atoms with Crippen LogP contribution in [0, 0.1) is 12.8 Å². The zero-order valence-corrected chi connectivity index (χ0v) is 11.1. The Morgan fingerprint density at radius 1 is 1.53 bits per heavy atom. The van der Waals surface area contributed by atoms with Crippen molar-refractivity contribution in [2.75, 3.05) is 12.9 Å². The van der Waals surface area contributed by atoms with Crippen LogP contribution in [0.25, 0.3) is 0 Å². The average molecular weight is 255 g/mol. The van der Waals surface area contributed by atoms with Crippen LogP contribution in [0.2, 0.25) is 0 Å². The quantitative estimate of drug-likeness (QED) is 0.747. The Labute approximate surface area is 104 Å². The van der Waals surface area contributed by atoms with Crippen molar-refractivity contribution < 1.29 is 13.7 Å². The zero-order valence-electron chi connectivity index (χ0n) is 10.3. The molecule has 1 aromatic heterocycles. The summed E-state index contributed by atoms with van der Waals surface area (Å²) < 4.78 is 16.4. The van der Waals surface area contributed by atoms with Crippen LogP contribution < -0.4 is 0 Å². The van der Waals surface area contributed by atoms with Crippen LogP contribution in [0.5, 0.6) is 0 Å². The van der Waals surface area contributed by atoms with Crippen LogP contribution in [-0.4, -0.2) is 28.0 Å². The molecule has 4 nitrogen and oxygen atoms in total. The van der Waals surface area contributed by atoms with Crippen molar-refractivity contribution in [2.45, 2.75) is 19.6 Å². The Morgan fingerprint density at radius 3 is 2.82 bits per heavy atom. The van der Waals surface area contributed by atoms with Crippen molar-refractivity contribution in [1.29, 1.82) is 0 Å². The Morgan fingerprint density at radius 2 is 2.24 bits per heavy atom. The van der Waals surface area contributed by atoms with E-state index in [-0.39, 0.29) is 11.9 Å². The summed E-state index contributed by atoms with van der Waals surface area (Å²) in [4.78, 5) is 15.5. The molecule has 17 heavy (non-hydrogen) atoms. The van der Waals surface area contributed by atoms with Gasteiger partial charge in [-0.05, 0) is 19.1 Å². The topological polar surface area (TPSA) is 56.3 Å². The third-order valence-electron chi connectivity index (χ3n) is 2.29. The molecule has 0 aliphatic carbocycles. The monoisotopic (exact) mass is 255 g/mol. The van der Waals surface area contributed by atoms with E-state index in [0.29, 0.717) is 11.5 Å². The van der Waals surface area contributed by atoms with Crippen molar-refractivity contribution in [3.63, 3.8) is 0 Å². The van der Waals surface area contributed by atoms with Gasteiger partial charge in [0.1, 0.15) is 0 Å². The Kier molecular flexibility index (Phi) is 5.28. The summed E-state index contributed by atoms with van der Waals surface area (Å²) in [6.07, 6.45) is 0. The molecule has 0 radical (unpaired) electrons. The fourth-order valence-corrected chi connectivity index (χ4v) is 2.75. The number of aryl methyl sites for hydroxylation is 1. The lowest BCUT2D eigenvalue weighted by molar-refractivity contribution is -0.144. The minimum absolute atomic E-state index is 0.308. The molecule has 1 heterocycles. The maximum atomic E-state index is 11.8. The number of hydrogen-bond acceptors (Lipinski definition) is 4. The minimum atomic E-state index is -1.09. The number of aromatic nitrogens is 1. The van der Waals surface area contributed by atoms with Gasteiger partial charge < -0.3 is 4.74 Å². The molecule has 0 amide bonds. The number of rotatable bonds is 5. The van der Waals surface area contributed by atoms with Crippen molar-refractivity contribution in [3.8, 4) is 0 Å². The lowest BCUT2D eigenvalue weighted by Crippen LogP contribution is -2.20. The van der Waals surface area contributed by atoms with Crippen LogP contribution >= 0.6 is 0 Å². The van der Waals surface area contributed by atoms with Crippen LogP contribution in [0.4, 0.5) is 0 Å². The molecule has 1 aromatic rings. The van der Waals surface area contributed by atoms with Gasteiger partial charge in [0, 0.05) is 22.2 Å². The molecule has 0 spiro atoms. The number of carbonyl (C=O) groups excluding carboxylic acids is 1. The first-order valence-corrected chi connectivity index (χ1v) is 6.87. The summed E-state index contributed by atoms with van der Waals surface area (Å²) >= 11 is 0. The Hall–Kier alpha value is -1.23. The standard InChI is InChI=1S/C12H17NO3S/c1-9(12(14)16-3)7-17(15)8-11-6-4-5-10(2)13-11/h4-6,9H,7-8H2,1-3H3. The van der Waals surface area contributed by atoms with Crippen molar-refractivity contribution in [1.82, 2.24) is 4.98 Å². The molecule has 0 aliphatic heterocycles. The van der Waals surface area contributed by atoms with Gasteiger partial charge in [0.2, 0.25) is 0 Å². The van der Waals surface area contributed by atoms with E-state index < -0.39 is 10.8 Å². The summed E-state index contributed by atoms with van der Waals surface area (Å²) in [5.41, 5.74) is 1.70. The molecule has 0 bridgehead atoms. The highest BCUT2D eigenvalue weighted by Gasteiger charge is 2.16. The first kappa shape index (κ1) is 13.8. The third-order valence-corrected chi connectivity index (χ3v) is 3.78. The third kappa shape index (κ3) is 4.65. The van der Waals surface area contributed by atoms with Crippen molar-refractivity contribution >= 4 is 16.8 Å². The number of carbonyl (C=O) groups is 1. The second-order valence-electron chi connectivity index (χ2n) is 3.95. The van der Waals surface area contributed by atoms with E-state index in [1.807, 2.05) is 25.1 Å². The van der Waals surface area contributed by atoms with Crippen LogP contribution in [0.15, 0.2) is 18.2 Å². The van der Waals surface area contributed by atoms with Gasteiger partial charge in [0.25, 0.3) is 0 Å². The SMILES string of the molecule is COC(=O)C(C)CS(=O)Cc1cccc(C)n1. The Bertz CT molecular complexity index is 420. The number of esters is 1. The molecule has 94 valence electrons. The molecule has 0 aliphatic rings. The van der Waals surface area contributed by atoms with Gasteiger partial charge >= 0.3 is 5.97 Å². The molecule has 0 N–H and O–H groups in total. The van der Waals surface area contributed by atoms with Gasteiger partial charge in [-0.3, -0.25) is 14.0 Å². The summed E-state index contributed by atoms with van der Waals surface area (Å²) in [6, 6.07) is 5.62. The van der Waals surface area contributed by atoms with Gasteiger partial charge in [-0.1, -0.05) is 13.0 Å². The normalized spacial score (nSPS) is 14.1. The number of hydrogen-bond donors (Lipinski definition) is 0. The zero-order chi connectivity index (χ0) is 12.8. The molecule has 0 fully saturated rings. The molecular formula is C12H17NO3S. The summed E-state index contributed by atoms with van der Waals surface area (Å²) in [6.45, 7) is 3.61. The highest BCUT2D eigenvalue weighted by atomic mass is 32.2. The second kappa shape index (κ2) is 6.49. The van der Waals surface area contributed by atoms with E-state index in [9.17, 15) is 9.00 Å². The fourth-order valence-electron chi connectivity index (χ4n) is 1.45. The summed E-state index contributed by atoms with van der Waals surface area (Å²) in [5.74, 6) is 0.0203. The number of nitrogens with zero attached hydrogens (tertiary/aromatic N) is 1. The summed E-state index contributed by atoms with van der Waals surface area (Å²) in [5, 5.41) is 0. The van der Waals surface area contributed by atoms with E-state index in [0.717, 1.165) is 11.4 Å². The lowest BCUT2D eigenvalue weighted by atomic mass is 10.2. The maximum absolute atomic E-state index is 11.8.